The zero-order valence-corrected chi connectivity index (χ0v) is 14.6. The van der Waals surface area contributed by atoms with Crippen molar-refractivity contribution >= 4 is 11.7 Å². The molecule has 0 aliphatic heterocycles. The predicted molar refractivity (Wildman–Crippen MR) is 93.9 cm³/mol. The van der Waals surface area contributed by atoms with E-state index in [9.17, 15) is 4.79 Å². The summed E-state index contributed by atoms with van der Waals surface area (Å²) in [4.78, 5) is 12.0. The molecule has 1 heterocycles. The van der Waals surface area contributed by atoms with Gasteiger partial charge in [-0.05, 0) is 45.2 Å². The van der Waals surface area contributed by atoms with Gasteiger partial charge in [-0.2, -0.15) is 5.10 Å². The van der Waals surface area contributed by atoms with Crippen molar-refractivity contribution in [2.45, 2.75) is 53.6 Å². The molecule has 5 nitrogen and oxygen atoms in total. The highest BCUT2D eigenvalue weighted by Gasteiger charge is 2.15. The van der Waals surface area contributed by atoms with E-state index < -0.39 is 0 Å². The molecular weight excluding hydrogens is 288 g/mol. The number of nitrogens with zero attached hydrogens (tertiary/aromatic N) is 2. The van der Waals surface area contributed by atoms with Crippen LogP contribution in [0.3, 0.4) is 0 Å². The van der Waals surface area contributed by atoms with Gasteiger partial charge in [0.05, 0.1) is 23.6 Å². The first-order valence-electron chi connectivity index (χ1n) is 8.08. The van der Waals surface area contributed by atoms with Crippen LogP contribution in [0.1, 0.15) is 42.8 Å². The average Bonchev–Trinajstić information content (AvgIpc) is 2.77. The molecule has 23 heavy (non-hydrogen) atoms. The summed E-state index contributed by atoms with van der Waals surface area (Å²) in [5.41, 5.74) is 5.05. The summed E-state index contributed by atoms with van der Waals surface area (Å²) in [6.07, 6.45) is 0.901. The molecular formula is C18H26N4O. The van der Waals surface area contributed by atoms with E-state index in [4.69, 9.17) is 0 Å². The zero-order valence-electron chi connectivity index (χ0n) is 14.6. The lowest BCUT2D eigenvalue weighted by atomic mass is 10.1. The van der Waals surface area contributed by atoms with E-state index in [-0.39, 0.29) is 12.1 Å². The standard InChI is InChI=1S/C18H26N4O/c1-6-13(3)19-18(23)20-17-14(4)21-22(15(17)5)11-16-10-8-7-9-12(16)2/h7-10,13H,6,11H2,1-5H3,(H2,19,20,23). The Morgan fingerprint density at radius 1 is 1.26 bits per heavy atom. The van der Waals surface area contributed by atoms with Crippen LogP contribution in [0.25, 0.3) is 0 Å². The van der Waals surface area contributed by atoms with Crippen molar-refractivity contribution in [1.29, 1.82) is 0 Å². The van der Waals surface area contributed by atoms with Gasteiger partial charge in [0.1, 0.15) is 0 Å². The van der Waals surface area contributed by atoms with Crippen molar-refractivity contribution in [3.63, 3.8) is 0 Å². The Morgan fingerprint density at radius 3 is 2.61 bits per heavy atom. The number of hydrogen-bond acceptors (Lipinski definition) is 2. The average molecular weight is 314 g/mol. The number of carbonyl (C=O) groups excluding carboxylic acids is 1. The van der Waals surface area contributed by atoms with Gasteiger partial charge in [-0.1, -0.05) is 31.2 Å². The molecule has 124 valence electrons. The Balaban J connectivity index is 2.16. The molecule has 5 heteroatoms. The van der Waals surface area contributed by atoms with E-state index in [0.29, 0.717) is 6.54 Å². The normalized spacial score (nSPS) is 12.0. The van der Waals surface area contributed by atoms with Crippen molar-refractivity contribution in [2.24, 2.45) is 0 Å². The third-order valence-corrected chi connectivity index (χ3v) is 4.19. The Kier molecular flexibility index (Phi) is 5.42. The van der Waals surface area contributed by atoms with Gasteiger partial charge in [0, 0.05) is 6.04 Å². The van der Waals surface area contributed by atoms with Gasteiger partial charge >= 0.3 is 6.03 Å². The van der Waals surface area contributed by atoms with Crippen LogP contribution in [-0.4, -0.2) is 21.9 Å². The lowest BCUT2D eigenvalue weighted by Gasteiger charge is -2.13. The minimum atomic E-state index is -0.180. The Labute approximate surface area is 138 Å². The number of anilines is 1. The molecule has 0 aliphatic rings. The molecule has 2 N–H and O–H groups in total. The van der Waals surface area contributed by atoms with Gasteiger partial charge in [0.15, 0.2) is 0 Å². The zero-order chi connectivity index (χ0) is 17.0. The molecule has 2 aromatic rings. The largest absolute Gasteiger partial charge is 0.335 e. The van der Waals surface area contributed by atoms with E-state index in [1.807, 2.05) is 44.5 Å². The molecule has 2 rings (SSSR count). The summed E-state index contributed by atoms with van der Waals surface area (Å²) < 4.78 is 1.94. The van der Waals surface area contributed by atoms with Crippen LogP contribution in [0.15, 0.2) is 24.3 Å². The molecule has 0 saturated heterocycles. The fourth-order valence-corrected chi connectivity index (χ4v) is 2.46. The van der Waals surface area contributed by atoms with Crippen molar-refractivity contribution in [3.05, 3.63) is 46.8 Å². The summed E-state index contributed by atoms with van der Waals surface area (Å²) in [6.45, 7) is 10.7. The molecule has 1 atom stereocenters. The van der Waals surface area contributed by atoms with Crippen LogP contribution in [0.4, 0.5) is 10.5 Å². The van der Waals surface area contributed by atoms with Gasteiger partial charge in [-0.25, -0.2) is 4.79 Å². The molecule has 0 bridgehead atoms. The number of aromatic nitrogens is 2. The molecule has 0 aliphatic carbocycles. The highest BCUT2D eigenvalue weighted by atomic mass is 16.2. The van der Waals surface area contributed by atoms with Gasteiger partial charge in [-0.15, -0.1) is 0 Å². The number of aryl methyl sites for hydroxylation is 2. The summed E-state index contributed by atoms with van der Waals surface area (Å²) in [5, 5.41) is 10.4. The summed E-state index contributed by atoms with van der Waals surface area (Å²) >= 11 is 0. The SMILES string of the molecule is CCC(C)NC(=O)Nc1c(C)nn(Cc2ccccc2C)c1C. The van der Waals surface area contributed by atoms with Crippen LogP contribution >= 0.6 is 0 Å². The highest BCUT2D eigenvalue weighted by Crippen LogP contribution is 2.21. The van der Waals surface area contributed by atoms with Crippen molar-refractivity contribution < 1.29 is 4.79 Å². The molecule has 2 amide bonds. The fraction of sp³-hybridized carbons (Fsp3) is 0.444. The second-order valence-electron chi connectivity index (χ2n) is 6.04. The Morgan fingerprint density at radius 2 is 1.96 bits per heavy atom. The van der Waals surface area contributed by atoms with E-state index in [2.05, 4.69) is 34.8 Å². The topological polar surface area (TPSA) is 59.0 Å². The molecule has 1 aromatic heterocycles. The van der Waals surface area contributed by atoms with Crippen molar-refractivity contribution in [3.8, 4) is 0 Å². The van der Waals surface area contributed by atoms with Gasteiger partial charge in [0.2, 0.25) is 0 Å². The maximum Gasteiger partial charge on any atom is 0.319 e. The summed E-state index contributed by atoms with van der Waals surface area (Å²) in [7, 11) is 0. The molecule has 1 unspecified atom stereocenters. The molecule has 0 spiro atoms. The Hall–Kier alpha value is -2.30. The smallest absolute Gasteiger partial charge is 0.319 e. The number of nitrogens with one attached hydrogen (secondary N) is 2. The highest BCUT2D eigenvalue weighted by molar-refractivity contribution is 5.90. The van der Waals surface area contributed by atoms with Gasteiger partial charge < -0.3 is 10.6 Å². The number of benzene rings is 1. The monoisotopic (exact) mass is 314 g/mol. The van der Waals surface area contributed by atoms with Crippen molar-refractivity contribution in [2.75, 3.05) is 5.32 Å². The van der Waals surface area contributed by atoms with E-state index in [0.717, 1.165) is 23.5 Å². The van der Waals surface area contributed by atoms with Gasteiger partial charge in [0.25, 0.3) is 0 Å². The maximum atomic E-state index is 12.0. The van der Waals surface area contributed by atoms with Crippen molar-refractivity contribution in [1.82, 2.24) is 15.1 Å². The quantitative estimate of drug-likeness (QED) is 0.882. The third kappa shape index (κ3) is 4.12. The number of carbonyl (C=O) groups is 1. The predicted octanol–water partition coefficient (Wildman–Crippen LogP) is 3.78. The first-order chi connectivity index (χ1) is 10.9. The second kappa shape index (κ2) is 7.31. The second-order valence-corrected chi connectivity index (χ2v) is 6.04. The molecule has 0 saturated carbocycles. The molecule has 0 radical (unpaired) electrons. The van der Waals surface area contributed by atoms with Crippen LogP contribution < -0.4 is 10.6 Å². The number of urea groups is 1. The third-order valence-electron chi connectivity index (χ3n) is 4.19. The lowest BCUT2D eigenvalue weighted by molar-refractivity contribution is 0.249. The van der Waals surface area contributed by atoms with E-state index >= 15 is 0 Å². The first-order valence-corrected chi connectivity index (χ1v) is 8.08. The molecule has 1 aromatic carbocycles. The Bertz CT molecular complexity index is 690. The maximum absolute atomic E-state index is 12.0. The van der Waals surface area contributed by atoms with Crippen LogP contribution in [0.5, 0.6) is 0 Å². The number of amides is 2. The lowest BCUT2D eigenvalue weighted by Crippen LogP contribution is -2.35. The summed E-state index contributed by atoms with van der Waals surface area (Å²) in [6, 6.07) is 8.24. The number of rotatable bonds is 5. The first kappa shape index (κ1) is 17.1. The van der Waals surface area contributed by atoms with Crippen LogP contribution in [0, 0.1) is 20.8 Å². The van der Waals surface area contributed by atoms with Gasteiger partial charge in [-0.3, -0.25) is 4.68 Å². The fourth-order valence-electron chi connectivity index (χ4n) is 2.46. The van der Waals surface area contributed by atoms with E-state index in [1.54, 1.807) is 0 Å². The summed E-state index contributed by atoms with van der Waals surface area (Å²) in [5.74, 6) is 0. The van der Waals surface area contributed by atoms with E-state index in [1.165, 1.54) is 11.1 Å². The number of hydrogen-bond donors (Lipinski definition) is 2. The minimum absolute atomic E-state index is 0.151. The van der Waals surface area contributed by atoms with Crippen LogP contribution in [0.2, 0.25) is 0 Å². The molecule has 0 fully saturated rings. The van der Waals surface area contributed by atoms with Crippen LogP contribution in [-0.2, 0) is 6.54 Å². The minimum Gasteiger partial charge on any atom is -0.335 e.